The Balaban J connectivity index is 2.69. The molecule has 0 N–H and O–H groups in total. The lowest BCUT2D eigenvalue weighted by Crippen LogP contribution is -2.25. The Morgan fingerprint density at radius 1 is 1.29 bits per heavy atom. The molecule has 0 saturated carbocycles. The standard InChI is InChI=1S/C18H27ClO2/c1-13(2)9-15-7-6-8-16(10-15)14(3)17(20)21-12-18(4,5)11-19/h6-8,10,13-14H,9,11-12H2,1-5H3. The number of rotatable bonds is 7. The number of hydrogen-bond acceptors (Lipinski definition) is 2. The summed E-state index contributed by atoms with van der Waals surface area (Å²) in [6.07, 6.45) is 1.02. The Kier molecular flexibility index (Phi) is 6.73. The van der Waals surface area contributed by atoms with Gasteiger partial charge in [-0.25, -0.2) is 0 Å². The van der Waals surface area contributed by atoms with Crippen molar-refractivity contribution in [3.63, 3.8) is 0 Å². The monoisotopic (exact) mass is 310 g/mol. The molecule has 1 unspecified atom stereocenters. The van der Waals surface area contributed by atoms with Crippen LogP contribution in [0.5, 0.6) is 0 Å². The van der Waals surface area contributed by atoms with E-state index in [1.165, 1.54) is 5.56 Å². The molecule has 0 aliphatic carbocycles. The summed E-state index contributed by atoms with van der Waals surface area (Å²) in [6, 6.07) is 8.22. The van der Waals surface area contributed by atoms with Crippen LogP contribution in [0, 0.1) is 11.3 Å². The number of hydrogen-bond donors (Lipinski definition) is 0. The summed E-state index contributed by atoms with van der Waals surface area (Å²) < 4.78 is 5.41. The van der Waals surface area contributed by atoms with Gasteiger partial charge in [-0.05, 0) is 30.4 Å². The SMILES string of the molecule is CC(C)Cc1cccc(C(C)C(=O)OCC(C)(C)CCl)c1. The summed E-state index contributed by atoms with van der Waals surface area (Å²) in [5, 5.41) is 0. The molecular formula is C18H27ClO2. The molecule has 0 radical (unpaired) electrons. The summed E-state index contributed by atoms with van der Waals surface area (Å²) >= 11 is 5.85. The van der Waals surface area contributed by atoms with Crippen molar-refractivity contribution < 1.29 is 9.53 Å². The van der Waals surface area contributed by atoms with E-state index in [4.69, 9.17) is 16.3 Å². The molecule has 1 rings (SSSR count). The first-order chi connectivity index (χ1) is 9.75. The van der Waals surface area contributed by atoms with Crippen molar-refractivity contribution in [1.82, 2.24) is 0 Å². The van der Waals surface area contributed by atoms with Crippen molar-refractivity contribution in [2.24, 2.45) is 11.3 Å². The van der Waals surface area contributed by atoms with E-state index in [2.05, 4.69) is 26.0 Å². The molecule has 1 aromatic carbocycles. The van der Waals surface area contributed by atoms with Gasteiger partial charge in [0.2, 0.25) is 0 Å². The van der Waals surface area contributed by atoms with E-state index in [-0.39, 0.29) is 17.3 Å². The van der Waals surface area contributed by atoms with E-state index in [1.807, 2.05) is 32.9 Å². The van der Waals surface area contributed by atoms with Gasteiger partial charge in [-0.1, -0.05) is 52.0 Å². The molecule has 0 saturated heterocycles. The highest BCUT2D eigenvalue weighted by molar-refractivity contribution is 6.18. The Hall–Kier alpha value is -1.02. The van der Waals surface area contributed by atoms with Gasteiger partial charge in [0.05, 0.1) is 12.5 Å². The quantitative estimate of drug-likeness (QED) is 0.534. The summed E-state index contributed by atoms with van der Waals surface area (Å²) in [7, 11) is 0. The normalized spacial score (nSPS) is 13.3. The average Bonchev–Trinajstić information content (AvgIpc) is 2.43. The first-order valence-electron chi connectivity index (χ1n) is 7.56. The molecule has 0 aromatic heterocycles. The topological polar surface area (TPSA) is 26.3 Å². The second-order valence-electron chi connectivity index (χ2n) is 6.97. The molecule has 1 aromatic rings. The molecule has 3 heteroatoms. The summed E-state index contributed by atoms with van der Waals surface area (Å²) in [6.45, 7) is 10.6. The predicted octanol–water partition coefficient (Wildman–Crippen LogP) is 4.80. The van der Waals surface area contributed by atoms with E-state index in [1.54, 1.807) is 0 Å². The summed E-state index contributed by atoms with van der Waals surface area (Å²) in [5.74, 6) is 0.642. The number of alkyl halides is 1. The van der Waals surface area contributed by atoms with Crippen molar-refractivity contribution >= 4 is 17.6 Å². The fraction of sp³-hybridized carbons (Fsp3) is 0.611. The minimum absolute atomic E-state index is 0.184. The van der Waals surface area contributed by atoms with E-state index < -0.39 is 0 Å². The van der Waals surface area contributed by atoms with Gasteiger partial charge < -0.3 is 4.74 Å². The highest BCUT2D eigenvalue weighted by Crippen LogP contribution is 2.22. The van der Waals surface area contributed by atoms with Crippen molar-refractivity contribution in [3.05, 3.63) is 35.4 Å². The van der Waals surface area contributed by atoms with Gasteiger partial charge in [0.25, 0.3) is 0 Å². The average molecular weight is 311 g/mol. The van der Waals surface area contributed by atoms with Crippen molar-refractivity contribution in [2.45, 2.75) is 47.0 Å². The summed E-state index contributed by atoms with van der Waals surface area (Å²) in [4.78, 5) is 12.2. The minimum Gasteiger partial charge on any atom is -0.465 e. The molecule has 1 atom stereocenters. The molecule has 0 aliphatic heterocycles. The zero-order valence-corrected chi connectivity index (χ0v) is 14.5. The van der Waals surface area contributed by atoms with Crippen LogP contribution in [0.15, 0.2) is 24.3 Å². The van der Waals surface area contributed by atoms with Crippen molar-refractivity contribution in [1.29, 1.82) is 0 Å². The Bertz CT molecular complexity index is 466. The third-order valence-electron chi connectivity index (χ3n) is 3.42. The number of carbonyl (C=O) groups is 1. The lowest BCUT2D eigenvalue weighted by molar-refractivity contribution is -0.147. The molecule has 0 spiro atoms. The fourth-order valence-electron chi connectivity index (χ4n) is 2.03. The van der Waals surface area contributed by atoms with E-state index in [0.717, 1.165) is 12.0 Å². The van der Waals surface area contributed by atoms with Gasteiger partial charge in [-0.2, -0.15) is 0 Å². The first-order valence-corrected chi connectivity index (χ1v) is 8.10. The van der Waals surface area contributed by atoms with Gasteiger partial charge in [0, 0.05) is 11.3 Å². The van der Waals surface area contributed by atoms with Crippen molar-refractivity contribution in [2.75, 3.05) is 12.5 Å². The molecule has 118 valence electrons. The predicted molar refractivity (Wildman–Crippen MR) is 88.9 cm³/mol. The summed E-state index contributed by atoms with van der Waals surface area (Å²) in [5.41, 5.74) is 2.10. The lowest BCUT2D eigenvalue weighted by Gasteiger charge is -2.22. The van der Waals surface area contributed by atoms with Gasteiger partial charge in [-0.15, -0.1) is 11.6 Å². The maximum Gasteiger partial charge on any atom is 0.313 e. The van der Waals surface area contributed by atoms with Crippen LogP contribution in [-0.2, 0) is 16.0 Å². The molecule has 0 heterocycles. The van der Waals surface area contributed by atoms with Crippen LogP contribution in [0.1, 0.15) is 51.7 Å². The molecule has 0 aliphatic rings. The maximum atomic E-state index is 12.2. The highest BCUT2D eigenvalue weighted by atomic mass is 35.5. The van der Waals surface area contributed by atoms with Gasteiger partial charge in [0.15, 0.2) is 0 Å². The lowest BCUT2D eigenvalue weighted by atomic mass is 9.95. The smallest absolute Gasteiger partial charge is 0.313 e. The number of halogens is 1. The number of ether oxygens (including phenoxy) is 1. The van der Waals surface area contributed by atoms with Crippen LogP contribution in [0.2, 0.25) is 0 Å². The fourth-order valence-corrected chi connectivity index (χ4v) is 2.10. The third-order valence-corrected chi connectivity index (χ3v) is 4.14. The molecule has 2 nitrogen and oxygen atoms in total. The van der Waals surface area contributed by atoms with Crippen LogP contribution in [0.3, 0.4) is 0 Å². The first kappa shape index (κ1) is 18.0. The number of benzene rings is 1. The second kappa shape index (κ2) is 7.84. The second-order valence-corrected chi connectivity index (χ2v) is 7.24. The van der Waals surface area contributed by atoms with E-state index in [0.29, 0.717) is 18.4 Å². The number of carbonyl (C=O) groups excluding carboxylic acids is 1. The Morgan fingerprint density at radius 2 is 1.95 bits per heavy atom. The van der Waals surface area contributed by atoms with Crippen LogP contribution >= 0.6 is 11.6 Å². The Labute approximate surface area is 133 Å². The minimum atomic E-state index is -0.247. The van der Waals surface area contributed by atoms with Crippen LogP contribution < -0.4 is 0 Å². The van der Waals surface area contributed by atoms with Crippen LogP contribution in [-0.4, -0.2) is 18.5 Å². The zero-order chi connectivity index (χ0) is 16.0. The zero-order valence-electron chi connectivity index (χ0n) is 13.8. The van der Waals surface area contributed by atoms with Gasteiger partial charge in [0.1, 0.15) is 0 Å². The van der Waals surface area contributed by atoms with Gasteiger partial charge in [-0.3, -0.25) is 4.79 Å². The third kappa shape index (κ3) is 6.09. The molecule has 0 fully saturated rings. The molecule has 0 amide bonds. The molecule has 0 bridgehead atoms. The number of esters is 1. The molecular weight excluding hydrogens is 284 g/mol. The van der Waals surface area contributed by atoms with Gasteiger partial charge >= 0.3 is 5.97 Å². The van der Waals surface area contributed by atoms with Crippen molar-refractivity contribution in [3.8, 4) is 0 Å². The largest absolute Gasteiger partial charge is 0.465 e. The van der Waals surface area contributed by atoms with Crippen LogP contribution in [0.25, 0.3) is 0 Å². The van der Waals surface area contributed by atoms with Crippen LogP contribution in [0.4, 0.5) is 0 Å². The Morgan fingerprint density at radius 3 is 2.52 bits per heavy atom. The van der Waals surface area contributed by atoms with E-state index >= 15 is 0 Å². The molecule has 21 heavy (non-hydrogen) atoms. The highest BCUT2D eigenvalue weighted by Gasteiger charge is 2.22. The van der Waals surface area contributed by atoms with E-state index in [9.17, 15) is 4.79 Å². The maximum absolute atomic E-state index is 12.2.